The van der Waals surface area contributed by atoms with E-state index in [9.17, 15) is 4.79 Å². The van der Waals surface area contributed by atoms with Gasteiger partial charge in [-0.05, 0) is 25.7 Å². The smallest absolute Gasteiger partial charge is 0.130 e. The third-order valence-electron chi connectivity index (χ3n) is 2.89. The van der Waals surface area contributed by atoms with Crippen molar-refractivity contribution in [2.75, 3.05) is 0 Å². The predicted octanol–water partition coefficient (Wildman–Crippen LogP) is 3.67. The fourth-order valence-electron chi connectivity index (χ4n) is 2.28. The van der Waals surface area contributed by atoms with Crippen LogP contribution in [0.2, 0.25) is 0 Å². The van der Waals surface area contributed by atoms with Crippen LogP contribution in [0, 0.1) is 5.92 Å². The number of hydrogen-bond donors (Lipinski definition) is 0. The van der Waals surface area contributed by atoms with Crippen LogP contribution < -0.4 is 0 Å². The average Bonchev–Trinajstić information content (AvgIpc) is 2.01. The molecule has 0 aromatic carbocycles. The summed E-state index contributed by atoms with van der Waals surface area (Å²) in [6.45, 7) is 6.23. The molecule has 3 atom stereocenters. The van der Waals surface area contributed by atoms with E-state index < -0.39 is 0 Å². The van der Waals surface area contributed by atoms with Gasteiger partial charge in [-0.3, -0.25) is 4.79 Å². The van der Waals surface area contributed by atoms with Gasteiger partial charge in [0.25, 0.3) is 0 Å². The van der Waals surface area contributed by atoms with Gasteiger partial charge in [-0.25, -0.2) is 0 Å². The van der Waals surface area contributed by atoms with E-state index in [4.69, 9.17) is 0 Å². The molecule has 0 aromatic rings. The lowest BCUT2D eigenvalue weighted by atomic mass is 9.91. The Morgan fingerprint density at radius 2 is 2.21 bits per heavy atom. The molecule has 1 aliphatic rings. The minimum absolute atomic E-state index is 0.328. The standard InChI is InChI=1S/C12H22OS/c1-9-5-4-6-12(7-9)14-11(3)8-10(2)13/h9,11-12H,4-8H2,1-3H3. The fraction of sp³-hybridized carbons (Fsp3) is 0.917. The molecular weight excluding hydrogens is 192 g/mol. The Hall–Kier alpha value is 0.0200. The quantitative estimate of drug-likeness (QED) is 0.710. The maximum atomic E-state index is 10.9. The van der Waals surface area contributed by atoms with Crippen molar-refractivity contribution < 1.29 is 4.79 Å². The number of thioether (sulfide) groups is 1. The summed E-state index contributed by atoms with van der Waals surface area (Å²) in [6.07, 6.45) is 6.24. The first-order valence-electron chi connectivity index (χ1n) is 5.73. The summed E-state index contributed by atoms with van der Waals surface area (Å²) in [5, 5.41) is 1.33. The van der Waals surface area contributed by atoms with Gasteiger partial charge in [0, 0.05) is 16.9 Å². The second-order valence-corrected chi connectivity index (χ2v) is 6.49. The first kappa shape index (κ1) is 12.1. The molecule has 1 nitrogen and oxygen atoms in total. The van der Waals surface area contributed by atoms with Gasteiger partial charge in [-0.2, -0.15) is 11.8 Å². The summed E-state index contributed by atoms with van der Waals surface area (Å²) in [6, 6.07) is 0. The zero-order chi connectivity index (χ0) is 10.6. The number of carbonyl (C=O) groups excluding carboxylic acids is 1. The van der Waals surface area contributed by atoms with Crippen LogP contribution in [0.15, 0.2) is 0 Å². The molecule has 1 aliphatic carbocycles. The summed E-state index contributed by atoms with van der Waals surface area (Å²) in [4.78, 5) is 10.9. The van der Waals surface area contributed by atoms with Gasteiger partial charge in [0.15, 0.2) is 0 Å². The van der Waals surface area contributed by atoms with E-state index in [1.165, 1.54) is 25.7 Å². The van der Waals surface area contributed by atoms with Gasteiger partial charge in [-0.15, -0.1) is 0 Å². The first-order valence-corrected chi connectivity index (χ1v) is 6.67. The molecule has 1 rings (SSSR count). The summed E-state index contributed by atoms with van der Waals surface area (Å²) < 4.78 is 0. The predicted molar refractivity (Wildman–Crippen MR) is 63.8 cm³/mol. The Balaban J connectivity index is 2.25. The summed E-state index contributed by atoms with van der Waals surface area (Å²) in [7, 11) is 0. The van der Waals surface area contributed by atoms with Crippen molar-refractivity contribution in [3.05, 3.63) is 0 Å². The van der Waals surface area contributed by atoms with Crippen molar-refractivity contribution in [2.24, 2.45) is 5.92 Å². The van der Waals surface area contributed by atoms with E-state index in [1.54, 1.807) is 6.92 Å². The zero-order valence-electron chi connectivity index (χ0n) is 9.58. The number of carbonyl (C=O) groups is 1. The van der Waals surface area contributed by atoms with Crippen molar-refractivity contribution >= 4 is 17.5 Å². The molecule has 0 N–H and O–H groups in total. The van der Waals surface area contributed by atoms with Crippen LogP contribution in [-0.4, -0.2) is 16.3 Å². The molecule has 0 heterocycles. The Kier molecular flexibility index (Phi) is 5.00. The third-order valence-corrected chi connectivity index (χ3v) is 4.33. The third kappa shape index (κ3) is 4.50. The molecule has 0 spiro atoms. The number of ketones is 1. The summed E-state index contributed by atoms with van der Waals surface area (Å²) in [5.41, 5.74) is 0. The van der Waals surface area contributed by atoms with Crippen LogP contribution >= 0.6 is 11.8 Å². The van der Waals surface area contributed by atoms with E-state index >= 15 is 0 Å². The molecule has 1 fully saturated rings. The van der Waals surface area contributed by atoms with Gasteiger partial charge in [0.05, 0.1) is 0 Å². The topological polar surface area (TPSA) is 17.1 Å². The highest BCUT2D eigenvalue weighted by atomic mass is 32.2. The lowest BCUT2D eigenvalue weighted by Crippen LogP contribution is -2.18. The molecule has 14 heavy (non-hydrogen) atoms. The molecule has 82 valence electrons. The molecule has 0 saturated heterocycles. The fourth-order valence-corrected chi connectivity index (χ4v) is 4.01. The van der Waals surface area contributed by atoms with Crippen LogP contribution in [0.5, 0.6) is 0 Å². The minimum atomic E-state index is 0.328. The number of hydrogen-bond acceptors (Lipinski definition) is 2. The minimum Gasteiger partial charge on any atom is -0.300 e. The van der Waals surface area contributed by atoms with Gasteiger partial charge < -0.3 is 0 Å². The van der Waals surface area contributed by atoms with Crippen LogP contribution in [0.1, 0.15) is 52.9 Å². The van der Waals surface area contributed by atoms with Crippen molar-refractivity contribution in [2.45, 2.75) is 63.4 Å². The van der Waals surface area contributed by atoms with E-state index in [1.807, 2.05) is 11.8 Å². The second kappa shape index (κ2) is 5.79. The second-order valence-electron chi connectivity index (χ2n) is 4.75. The first-order chi connectivity index (χ1) is 6.58. The summed E-state index contributed by atoms with van der Waals surface area (Å²) in [5.74, 6) is 1.22. The molecule has 3 unspecified atom stereocenters. The average molecular weight is 214 g/mol. The lowest BCUT2D eigenvalue weighted by Gasteiger charge is -2.28. The van der Waals surface area contributed by atoms with Crippen molar-refractivity contribution in [1.29, 1.82) is 0 Å². The van der Waals surface area contributed by atoms with E-state index in [0.29, 0.717) is 11.0 Å². The summed E-state index contributed by atoms with van der Waals surface area (Å²) >= 11 is 2.03. The monoisotopic (exact) mass is 214 g/mol. The maximum absolute atomic E-state index is 10.9. The maximum Gasteiger partial charge on any atom is 0.130 e. The number of rotatable bonds is 4. The van der Waals surface area contributed by atoms with E-state index in [0.717, 1.165) is 17.6 Å². The normalized spacial score (nSPS) is 29.9. The highest BCUT2D eigenvalue weighted by Crippen LogP contribution is 2.34. The lowest BCUT2D eigenvalue weighted by molar-refractivity contribution is -0.116. The Bertz CT molecular complexity index is 191. The van der Waals surface area contributed by atoms with Gasteiger partial charge in [-0.1, -0.05) is 26.7 Å². The Morgan fingerprint density at radius 1 is 1.50 bits per heavy atom. The van der Waals surface area contributed by atoms with Crippen LogP contribution in [-0.2, 0) is 4.79 Å². The van der Waals surface area contributed by atoms with E-state index in [-0.39, 0.29) is 0 Å². The van der Waals surface area contributed by atoms with Gasteiger partial charge in [0.1, 0.15) is 5.78 Å². The van der Waals surface area contributed by atoms with Crippen LogP contribution in [0.25, 0.3) is 0 Å². The van der Waals surface area contributed by atoms with Gasteiger partial charge >= 0.3 is 0 Å². The molecule has 1 saturated carbocycles. The zero-order valence-corrected chi connectivity index (χ0v) is 10.4. The van der Waals surface area contributed by atoms with Crippen molar-refractivity contribution in [1.82, 2.24) is 0 Å². The van der Waals surface area contributed by atoms with Crippen LogP contribution in [0.3, 0.4) is 0 Å². The Labute approximate surface area is 92.0 Å². The Morgan fingerprint density at radius 3 is 2.79 bits per heavy atom. The van der Waals surface area contributed by atoms with E-state index in [2.05, 4.69) is 13.8 Å². The molecule has 0 aromatic heterocycles. The molecule has 0 bridgehead atoms. The molecule has 0 radical (unpaired) electrons. The highest BCUT2D eigenvalue weighted by Gasteiger charge is 2.21. The van der Waals surface area contributed by atoms with Crippen LogP contribution in [0.4, 0.5) is 0 Å². The highest BCUT2D eigenvalue weighted by molar-refractivity contribution is 8.00. The SMILES string of the molecule is CC(=O)CC(C)SC1CCCC(C)C1. The van der Waals surface area contributed by atoms with Crippen molar-refractivity contribution in [3.8, 4) is 0 Å². The molecule has 2 heteroatoms. The molecule has 0 amide bonds. The molecule has 0 aliphatic heterocycles. The number of Topliss-reactive ketones (excluding diaryl/α,β-unsaturated/α-hetero) is 1. The van der Waals surface area contributed by atoms with Gasteiger partial charge in [0.2, 0.25) is 0 Å². The largest absolute Gasteiger partial charge is 0.300 e. The molecular formula is C12H22OS. The van der Waals surface area contributed by atoms with Crippen molar-refractivity contribution in [3.63, 3.8) is 0 Å².